The number of aromatic nitrogens is 2. The van der Waals surface area contributed by atoms with E-state index in [-0.39, 0.29) is 0 Å². The van der Waals surface area contributed by atoms with E-state index in [1.54, 1.807) is 0 Å². The molecule has 0 unspecified atom stereocenters. The maximum absolute atomic E-state index is 5.87. The van der Waals surface area contributed by atoms with E-state index in [0.29, 0.717) is 0 Å². The summed E-state index contributed by atoms with van der Waals surface area (Å²) < 4.78 is 2.12. The minimum atomic E-state index is 0.766. The highest BCUT2D eigenvalue weighted by atomic mass is 15.0. The number of rotatable bonds is 3. The Bertz CT molecular complexity index is 1240. The largest absolute Gasteiger partial charge is 0.399 e. The number of nitrogen functional groups attached to an aromatic ring is 1. The van der Waals surface area contributed by atoms with Crippen LogP contribution in [0.5, 0.6) is 0 Å². The molecule has 3 nitrogen and oxygen atoms in total. The molecule has 0 saturated carbocycles. The topological polar surface area (TPSA) is 43.3 Å². The minimum Gasteiger partial charge on any atom is -0.399 e. The first-order valence-electron chi connectivity index (χ1n) is 9.27. The van der Waals surface area contributed by atoms with E-state index in [1.165, 1.54) is 0 Å². The Morgan fingerprint density at radius 2 is 1.25 bits per heavy atom. The lowest BCUT2D eigenvalue weighted by Crippen LogP contribution is -1.91. The average Bonchev–Trinajstić information content (AvgIpc) is 3.19. The van der Waals surface area contributed by atoms with Crippen LogP contribution < -0.4 is 5.73 Å². The van der Waals surface area contributed by atoms with Gasteiger partial charge in [-0.25, -0.2) is 4.98 Å². The second kappa shape index (κ2) is 6.71. The number of fused-ring (bicyclic) bond motifs is 1. The van der Waals surface area contributed by atoms with Crippen molar-refractivity contribution in [1.82, 2.24) is 9.38 Å². The molecule has 0 aliphatic heterocycles. The second-order valence-corrected chi connectivity index (χ2v) is 6.85. The highest BCUT2D eigenvalue weighted by Crippen LogP contribution is 2.32. The molecule has 0 radical (unpaired) electrons. The van der Waals surface area contributed by atoms with Gasteiger partial charge in [-0.05, 0) is 34.9 Å². The summed E-state index contributed by atoms with van der Waals surface area (Å²) in [6, 6.07) is 30.9. The Morgan fingerprint density at radius 1 is 0.607 bits per heavy atom. The van der Waals surface area contributed by atoms with E-state index in [4.69, 9.17) is 10.7 Å². The van der Waals surface area contributed by atoms with Crippen molar-refractivity contribution >= 4 is 11.3 Å². The molecule has 0 amide bonds. The summed E-state index contributed by atoms with van der Waals surface area (Å²) in [5, 5.41) is 0. The molecule has 5 rings (SSSR count). The highest BCUT2D eigenvalue weighted by Gasteiger charge is 2.12. The molecule has 0 aliphatic rings. The monoisotopic (exact) mass is 361 g/mol. The van der Waals surface area contributed by atoms with Crippen molar-refractivity contribution in [3.63, 3.8) is 0 Å². The predicted molar refractivity (Wildman–Crippen MR) is 116 cm³/mol. The number of hydrogen-bond donors (Lipinski definition) is 1. The van der Waals surface area contributed by atoms with Crippen LogP contribution in [0.2, 0.25) is 0 Å². The molecule has 3 heteroatoms. The van der Waals surface area contributed by atoms with Crippen LogP contribution in [0.25, 0.3) is 39.2 Å². The van der Waals surface area contributed by atoms with Crippen LogP contribution in [0.4, 0.5) is 5.69 Å². The van der Waals surface area contributed by atoms with E-state index in [0.717, 1.165) is 44.8 Å². The zero-order chi connectivity index (χ0) is 18.9. The number of pyridine rings is 1. The van der Waals surface area contributed by atoms with Crippen molar-refractivity contribution in [3.8, 4) is 33.5 Å². The van der Waals surface area contributed by atoms with Crippen LogP contribution >= 0.6 is 0 Å². The first-order valence-corrected chi connectivity index (χ1v) is 9.27. The van der Waals surface area contributed by atoms with Crippen molar-refractivity contribution in [2.45, 2.75) is 0 Å². The van der Waals surface area contributed by atoms with E-state index in [2.05, 4.69) is 71.4 Å². The molecule has 2 N–H and O–H groups in total. The third kappa shape index (κ3) is 2.93. The van der Waals surface area contributed by atoms with E-state index in [1.807, 2.05) is 36.4 Å². The van der Waals surface area contributed by atoms with Gasteiger partial charge in [0.25, 0.3) is 0 Å². The van der Waals surface area contributed by atoms with Crippen molar-refractivity contribution in [2.75, 3.05) is 5.73 Å². The van der Waals surface area contributed by atoms with Gasteiger partial charge in [0.15, 0.2) is 0 Å². The van der Waals surface area contributed by atoms with Crippen molar-refractivity contribution in [2.24, 2.45) is 0 Å². The van der Waals surface area contributed by atoms with Gasteiger partial charge in [-0.3, -0.25) is 0 Å². The fourth-order valence-electron chi connectivity index (χ4n) is 3.51. The van der Waals surface area contributed by atoms with Crippen LogP contribution in [-0.4, -0.2) is 9.38 Å². The van der Waals surface area contributed by atoms with Gasteiger partial charge in [0.1, 0.15) is 5.65 Å². The molecule has 0 bridgehead atoms. The van der Waals surface area contributed by atoms with E-state index < -0.39 is 0 Å². The van der Waals surface area contributed by atoms with Crippen LogP contribution in [0, 0.1) is 0 Å². The van der Waals surface area contributed by atoms with E-state index in [9.17, 15) is 0 Å². The Labute approximate surface area is 163 Å². The molecule has 0 spiro atoms. The fraction of sp³-hybridized carbons (Fsp3) is 0. The number of nitrogens with zero attached hydrogens (tertiary/aromatic N) is 2. The standard InChI is InChI=1S/C25H19N3/c26-22-13-11-18(12-14-22)21-15-23(19-7-3-1-4-8-19)25-27-24(17-28(25)16-21)20-9-5-2-6-10-20/h1-17H,26H2. The summed E-state index contributed by atoms with van der Waals surface area (Å²) >= 11 is 0. The Hall–Kier alpha value is -3.85. The van der Waals surface area contributed by atoms with Gasteiger partial charge in [-0.2, -0.15) is 0 Å². The molecule has 5 aromatic rings. The third-order valence-electron chi connectivity index (χ3n) is 4.95. The first kappa shape index (κ1) is 16.3. The summed E-state index contributed by atoms with van der Waals surface area (Å²) in [5.41, 5.74) is 14.2. The summed E-state index contributed by atoms with van der Waals surface area (Å²) in [4.78, 5) is 4.95. The highest BCUT2D eigenvalue weighted by molar-refractivity contribution is 5.84. The Morgan fingerprint density at radius 3 is 1.93 bits per heavy atom. The number of imidazole rings is 1. The number of benzene rings is 3. The molecule has 0 fully saturated rings. The lowest BCUT2D eigenvalue weighted by molar-refractivity contribution is 1.19. The number of nitrogens with two attached hydrogens (primary N) is 1. The molecule has 3 aromatic carbocycles. The zero-order valence-electron chi connectivity index (χ0n) is 15.3. The van der Waals surface area contributed by atoms with E-state index >= 15 is 0 Å². The first-order chi connectivity index (χ1) is 13.8. The normalized spacial score (nSPS) is 11.0. The summed E-state index contributed by atoms with van der Waals surface area (Å²) in [7, 11) is 0. The predicted octanol–water partition coefficient (Wildman–Crippen LogP) is 5.92. The Balaban J connectivity index is 1.76. The van der Waals surface area contributed by atoms with Crippen LogP contribution in [0.15, 0.2) is 103 Å². The molecule has 0 saturated heterocycles. The fourth-order valence-corrected chi connectivity index (χ4v) is 3.51. The molecule has 134 valence electrons. The maximum atomic E-state index is 5.87. The van der Waals surface area contributed by atoms with Gasteiger partial charge in [0, 0.05) is 29.2 Å². The minimum absolute atomic E-state index is 0.766. The molecule has 2 heterocycles. The van der Waals surface area contributed by atoms with Crippen LogP contribution in [-0.2, 0) is 0 Å². The summed E-state index contributed by atoms with van der Waals surface area (Å²) in [6.45, 7) is 0. The van der Waals surface area contributed by atoms with Gasteiger partial charge in [0.05, 0.1) is 5.69 Å². The van der Waals surface area contributed by atoms with Gasteiger partial charge in [-0.15, -0.1) is 0 Å². The quantitative estimate of drug-likeness (QED) is 0.406. The molecule has 2 aromatic heterocycles. The van der Waals surface area contributed by atoms with Crippen molar-refractivity contribution < 1.29 is 0 Å². The maximum Gasteiger partial charge on any atom is 0.145 e. The Kier molecular flexibility index (Phi) is 3.91. The molecular formula is C25H19N3. The smallest absolute Gasteiger partial charge is 0.145 e. The summed E-state index contributed by atoms with van der Waals surface area (Å²) in [6.07, 6.45) is 4.23. The molecule has 0 atom stereocenters. The average molecular weight is 361 g/mol. The SMILES string of the molecule is Nc1ccc(-c2cc(-c3ccccc3)c3nc(-c4ccccc4)cn3c2)cc1. The molecular weight excluding hydrogens is 342 g/mol. The molecule has 0 aliphatic carbocycles. The van der Waals surface area contributed by atoms with Gasteiger partial charge < -0.3 is 10.1 Å². The van der Waals surface area contributed by atoms with Gasteiger partial charge in [-0.1, -0.05) is 72.8 Å². The zero-order valence-corrected chi connectivity index (χ0v) is 15.3. The second-order valence-electron chi connectivity index (χ2n) is 6.85. The van der Waals surface area contributed by atoms with Crippen molar-refractivity contribution in [1.29, 1.82) is 0 Å². The van der Waals surface area contributed by atoms with Crippen molar-refractivity contribution in [3.05, 3.63) is 103 Å². The summed E-state index contributed by atoms with van der Waals surface area (Å²) in [5.74, 6) is 0. The number of hydrogen-bond acceptors (Lipinski definition) is 2. The lowest BCUT2D eigenvalue weighted by Gasteiger charge is -2.09. The number of anilines is 1. The molecule has 28 heavy (non-hydrogen) atoms. The lowest BCUT2D eigenvalue weighted by atomic mass is 10.0. The van der Waals surface area contributed by atoms with Crippen LogP contribution in [0.1, 0.15) is 0 Å². The third-order valence-corrected chi connectivity index (χ3v) is 4.95. The van der Waals surface area contributed by atoms with Gasteiger partial charge in [0.2, 0.25) is 0 Å². The van der Waals surface area contributed by atoms with Gasteiger partial charge >= 0.3 is 0 Å². The van der Waals surface area contributed by atoms with Crippen LogP contribution in [0.3, 0.4) is 0 Å².